The first-order chi connectivity index (χ1) is 15.6. The molecule has 0 bridgehead atoms. The summed E-state index contributed by atoms with van der Waals surface area (Å²) < 4.78 is 11.3. The van der Waals surface area contributed by atoms with Gasteiger partial charge in [0.25, 0.3) is 5.91 Å². The molecule has 1 atom stereocenters. The van der Waals surface area contributed by atoms with E-state index in [-0.39, 0.29) is 17.2 Å². The van der Waals surface area contributed by atoms with E-state index in [9.17, 15) is 9.59 Å². The van der Waals surface area contributed by atoms with Crippen LogP contribution >= 0.6 is 23.4 Å². The molecule has 2 aliphatic heterocycles. The standard InChI is InChI=1S/C24H19ClN2O4S/c25-17-6-4-15(5-7-17)23(29)26-18-3-1-2-16(12-18)24-27(22(28)14-32-24)19-8-9-20-21(13-19)31-11-10-30-20/h1-9,12-13,24H,10-11,14H2,(H,26,29). The van der Waals surface area contributed by atoms with E-state index < -0.39 is 0 Å². The quantitative estimate of drug-likeness (QED) is 0.576. The molecule has 8 heteroatoms. The number of carbonyl (C=O) groups is 2. The van der Waals surface area contributed by atoms with E-state index in [1.54, 1.807) is 40.9 Å². The maximum Gasteiger partial charge on any atom is 0.255 e. The van der Waals surface area contributed by atoms with Gasteiger partial charge in [0, 0.05) is 28.0 Å². The van der Waals surface area contributed by atoms with E-state index in [1.807, 2.05) is 42.5 Å². The lowest BCUT2D eigenvalue weighted by Crippen LogP contribution is -2.28. The van der Waals surface area contributed by atoms with Crippen LogP contribution in [-0.4, -0.2) is 30.8 Å². The van der Waals surface area contributed by atoms with Gasteiger partial charge in [0.1, 0.15) is 18.6 Å². The highest BCUT2D eigenvalue weighted by molar-refractivity contribution is 8.00. The minimum atomic E-state index is -0.224. The molecule has 162 valence electrons. The zero-order valence-corrected chi connectivity index (χ0v) is 18.5. The van der Waals surface area contributed by atoms with Crippen LogP contribution in [0.3, 0.4) is 0 Å². The number of rotatable bonds is 4. The Kier molecular flexibility index (Phi) is 5.68. The molecule has 2 aliphatic rings. The Morgan fingerprint density at radius 2 is 1.78 bits per heavy atom. The summed E-state index contributed by atoms with van der Waals surface area (Å²) in [6, 6.07) is 19.8. The van der Waals surface area contributed by atoms with Crippen molar-refractivity contribution in [2.24, 2.45) is 0 Å². The van der Waals surface area contributed by atoms with Gasteiger partial charge in [-0.2, -0.15) is 0 Å². The average Bonchev–Trinajstić information content (AvgIpc) is 3.20. The van der Waals surface area contributed by atoms with Crippen molar-refractivity contribution < 1.29 is 19.1 Å². The third kappa shape index (κ3) is 4.13. The van der Waals surface area contributed by atoms with Crippen molar-refractivity contribution in [2.45, 2.75) is 5.37 Å². The molecule has 3 aromatic carbocycles. The van der Waals surface area contributed by atoms with Crippen LogP contribution in [-0.2, 0) is 4.79 Å². The second-order valence-electron chi connectivity index (χ2n) is 7.34. The molecule has 0 aromatic heterocycles. The Morgan fingerprint density at radius 3 is 2.59 bits per heavy atom. The number of hydrogen-bond acceptors (Lipinski definition) is 5. The maximum absolute atomic E-state index is 12.8. The first kappa shape index (κ1) is 20.7. The minimum Gasteiger partial charge on any atom is -0.486 e. The Labute approximate surface area is 194 Å². The number of fused-ring (bicyclic) bond motifs is 1. The van der Waals surface area contributed by atoms with Crippen molar-refractivity contribution in [2.75, 3.05) is 29.2 Å². The fraction of sp³-hybridized carbons (Fsp3) is 0.167. The molecule has 1 unspecified atom stereocenters. The maximum atomic E-state index is 12.8. The number of amides is 2. The van der Waals surface area contributed by atoms with Crippen LogP contribution in [0.1, 0.15) is 21.3 Å². The summed E-state index contributed by atoms with van der Waals surface area (Å²) in [5.74, 6) is 1.49. The van der Waals surface area contributed by atoms with Crippen LogP contribution in [0.15, 0.2) is 66.7 Å². The summed E-state index contributed by atoms with van der Waals surface area (Å²) in [5.41, 5.74) is 2.85. The van der Waals surface area contributed by atoms with Crippen molar-refractivity contribution in [3.05, 3.63) is 82.9 Å². The molecule has 1 N–H and O–H groups in total. The van der Waals surface area contributed by atoms with Gasteiger partial charge in [0.2, 0.25) is 5.91 Å². The zero-order valence-electron chi connectivity index (χ0n) is 16.9. The fourth-order valence-corrected chi connectivity index (χ4v) is 5.00. The minimum absolute atomic E-state index is 0.0206. The van der Waals surface area contributed by atoms with Gasteiger partial charge in [-0.05, 0) is 54.1 Å². The third-order valence-electron chi connectivity index (χ3n) is 5.21. The van der Waals surface area contributed by atoms with Gasteiger partial charge < -0.3 is 14.8 Å². The number of ether oxygens (including phenoxy) is 2. The predicted octanol–water partition coefficient (Wildman–Crippen LogP) is 5.14. The highest BCUT2D eigenvalue weighted by Gasteiger charge is 2.35. The molecular weight excluding hydrogens is 448 g/mol. The van der Waals surface area contributed by atoms with E-state index in [2.05, 4.69) is 5.32 Å². The summed E-state index contributed by atoms with van der Waals surface area (Å²) in [7, 11) is 0. The molecule has 0 saturated carbocycles. The number of thioether (sulfide) groups is 1. The van der Waals surface area contributed by atoms with E-state index in [0.717, 1.165) is 11.3 Å². The molecule has 0 spiro atoms. The van der Waals surface area contributed by atoms with Crippen LogP contribution in [0.5, 0.6) is 11.5 Å². The van der Waals surface area contributed by atoms with Gasteiger partial charge in [-0.25, -0.2) is 0 Å². The zero-order chi connectivity index (χ0) is 22.1. The first-order valence-electron chi connectivity index (χ1n) is 10.1. The highest BCUT2D eigenvalue weighted by Crippen LogP contribution is 2.44. The van der Waals surface area contributed by atoms with Gasteiger partial charge >= 0.3 is 0 Å². The van der Waals surface area contributed by atoms with Gasteiger partial charge in [0.15, 0.2) is 11.5 Å². The van der Waals surface area contributed by atoms with Crippen molar-refractivity contribution in [1.82, 2.24) is 0 Å². The van der Waals surface area contributed by atoms with E-state index in [1.165, 1.54) is 0 Å². The van der Waals surface area contributed by atoms with Crippen LogP contribution in [0.2, 0.25) is 5.02 Å². The van der Waals surface area contributed by atoms with E-state index in [0.29, 0.717) is 46.7 Å². The van der Waals surface area contributed by atoms with Crippen molar-refractivity contribution in [3.8, 4) is 11.5 Å². The number of nitrogens with one attached hydrogen (secondary N) is 1. The average molecular weight is 467 g/mol. The molecule has 0 aliphatic carbocycles. The number of anilines is 2. The second-order valence-corrected chi connectivity index (χ2v) is 8.85. The van der Waals surface area contributed by atoms with Crippen molar-refractivity contribution in [3.63, 3.8) is 0 Å². The van der Waals surface area contributed by atoms with E-state index >= 15 is 0 Å². The number of hydrogen-bond donors (Lipinski definition) is 1. The molecule has 2 heterocycles. The lowest BCUT2D eigenvalue weighted by molar-refractivity contribution is -0.115. The molecular formula is C24H19ClN2O4S. The van der Waals surface area contributed by atoms with Crippen LogP contribution in [0, 0.1) is 0 Å². The summed E-state index contributed by atoms with van der Waals surface area (Å²) in [5, 5.41) is 3.28. The van der Waals surface area contributed by atoms with Crippen molar-refractivity contribution >= 4 is 46.6 Å². The molecule has 1 saturated heterocycles. The summed E-state index contributed by atoms with van der Waals surface area (Å²) in [4.78, 5) is 27.1. The molecule has 0 radical (unpaired) electrons. The number of nitrogens with zero attached hydrogens (tertiary/aromatic N) is 1. The Bertz CT molecular complexity index is 1180. The van der Waals surface area contributed by atoms with Crippen LogP contribution < -0.4 is 19.7 Å². The molecule has 5 rings (SSSR count). The molecule has 32 heavy (non-hydrogen) atoms. The summed E-state index contributed by atoms with van der Waals surface area (Å²) in [6.07, 6.45) is 0. The predicted molar refractivity (Wildman–Crippen MR) is 126 cm³/mol. The topological polar surface area (TPSA) is 67.9 Å². The van der Waals surface area contributed by atoms with Crippen molar-refractivity contribution in [1.29, 1.82) is 0 Å². The summed E-state index contributed by atoms with van der Waals surface area (Å²) in [6.45, 7) is 1.000. The Morgan fingerprint density at radius 1 is 1.00 bits per heavy atom. The smallest absolute Gasteiger partial charge is 0.255 e. The number of carbonyl (C=O) groups excluding carboxylic acids is 2. The normalized spacial score (nSPS) is 17.3. The van der Waals surface area contributed by atoms with Gasteiger partial charge in [-0.1, -0.05) is 23.7 Å². The number of halogens is 1. The van der Waals surface area contributed by atoms with E-state index in [4.69, 9.17) is 21.1 Å². The molecule has 1 fully saturated rings. The first-order valence-corrected chi connectivity index (χ1v) is 11.5. The monoisotopic (exact) mass is 466 g/mol. The lowest BCUT2D eigenvalue weighted by atomic mass is 10.1. The summed E-state index contributed by atoms with van der Waals surface area (Å²) >= 11 is 7.45. The lowest BCUT2D eigenvalue weighted by Gasteiger charge is -2.26. The highest BCUT2D eigenvalue weighted by atomic mass is 35.5. The largest absolute Gasteiger partial charge is 0.486 e. The van der Waals surface area contributed by atoms with Gasteiger partial charge in [-0.3, -0.25) is 14.5 Å². The second kappa shape index (κ2) is 8.76. The van der Waals surface area contributed by atoms with Gasteiger partial charge in [-0.15, -0.1) is 11.8 Å². The Hall–Kier alpha value is -3.16. The fourth-order valence-electron chi connectivity index (χ4n) is 3.71. The van der Waals surface area contributed by atoms with Crippen LogP contribution in [0.25, 0.3) is 0 Å². The SMILES string of the molecule is O=C(Nc1cccc(C2SCC(=O)N2c2ccc3c(c2)OCCO3)c1)c1ccc(Cl)cc1. The molecule has 3 aromatic rings. The molecule has 2 amide bonds. The number of benzene rings is 3. The Balaban J connectivity index is 1.39. The van der Waals surface area contributed by atoms with Gasteiger partial charge in [0.05, 0.1) is 5.75 Å². The third-order valence-corrected chi connectivity index (χ3v) is 6.67. The molecule has 6 nitrogen and oxygen atoms in total. The van der Waals surface area contributed by atoms with Crippen LogP contribution in [0.4, 0.5) is 11.4 Å².